The van der Waals surface area contributed by atoms with Crippen LogP contribution in [0, 0.1) is 0 Å². The van der Waals surface area contributed by atoms with E-state index < -0.39 is 10.0 Å². The van der Waals surface area contributed by atoms with Gasteiger partial charge in [-0.05, 0) is 59.2 Å². The summed E-state index contributed by atoms with van der Waals surface area (Å²) in [6, 6.07) is 10.9. The summed E-state index contributed by atoms with van der Waals surface area (Å²) in [6.45, 7) is 1.04. The molecule has 0 fully saturated rings. The first-order valence-corrected chi connectivity index (χ1v) is 9.58. The molecular formula is C14H17BrN2O2S2. The molecule has 0 aliphatic heterocycles. The van der Waals surface area contributed by atoms with Crippen LogP contribution in [0.2, 0.25) is 0 Å². The van der Waals surface area contributed by atoms with Crippen molar-refractivity contribution in [3.63, 3.8) is 0 Å². The smallest absolute Gasteiger partial charge is 0.240 e. The SMILES string of the molecule is CNCc1cccc(S(=O)(=O)NCCc2ccc(Br)s2)c1. The van der Waals surface area contributed by atoms with Crippen molar-refractivity contribution in [2.45, 2.75) is 17.9 Å². The van der Waals surface area contributed by atoms with Crippen LogP contribution in [0.5, 0.6) is 0 Å². The van der Waals surface area contributed by atoms with E-state index in [0.29, 0.717) is 24.4 Å². The van der Waals surface area contributed by atoms with Gasteiger partial charge in [-0.15, -0.1) is 11.3 Å². The number of halogens is 1. The van der Waals surface area contributed by atoms with Crippen LogP contribution in [0.3, 0.4) is 0 Å². The van der Waals surface area contributed by atoms with E-state index in [1.165, 1.54) is 0 Å². The molecule has 0 radical (unpaired) electrons. The number of sulfonamides is 1. The van der Waals surface area contributed by atoms with Crippen molar-refractivity contribution >= 4 is 37.3 Å². The average Bonchev–Trinajstić information content (AvgIpc) is 2.85. The van der Waals surface area contributed by atoms with E-state index >= 15 is 0 Å². The minimum atomic E-state index is -3.45. The van der Waals surface area contributed by atoms with Gasteiger partial charge in [0.15, 0.2) is 0 Å². The zero-order chi connectivity index (χ0) is 15.3. The number of hydrogen-bond donors (Lipinski definition) is 2. The first-order valence-electron chi connectivity index (χ1n) is 6.49. The maximum atomic E-state index is 12.2. The molecule has 1 aromatic heterocycles. The summed E-state index contributed by atoms with van der Waals surface area (Å²) in [5, 5.41) is 3.01. The predicted octanol–water partition coefficient (Wildman–Crippen LogP) is 2.75. The van der Waals surface area contributed by atoms with Crippen LogP contribution in [0.25, 0.3) is 0 Å². The largest absolute Gasteiger partial charge is 0.316 e. The summed E-state index contributed by atoms with van der Waals surface area (Å²) in [5.41, 5.74) is 0.947. The molecule has 0 bridgehead atoms. The van der Waals surface area contributed by atoms with E-state index in [-0.39, 0.29) is 0 Å². The number of nitrogens with one attached hydrogen (secondary N) is 2. The van der Waals surface area contributed by atoms with E-state index in [0.717, 1.165) is 14.2 Å². The summed E-state index contributed by atoms with van der Waals surface area (Å²) in [6.07, 6.45) is 0.686. The third-order valence-electron chi connectivity index (χ3n) is 2.88. The molecule has 2 aromatic rings. The molecule has 7 heteroatoms. The Morgan fingerprint density at radius 2 is 2.05 bits per heavy atom. The topological polar surface area (TPSA) is 58.2 Å². The molecule has 0 spiro atoms. The third kappa shape index (κ3) is 4.89. The molecule has 2 N–H and O–H groups in total. The van der Waals surface area contributed by atoms with Crippen LogP contribution in [0.4, 0.5) is 0 Å². The van der Waals surface area contributed by atoms with Crippen LogP contribution in [0.15, 0.2) is 45.1 Å². The van der Waals surface area contributed by atoms with E-state index in [1.807, 2.05) is 25.2 Å². The van der Waals surface area contributed by atoms with Gasteiger partial charge >= 0.3 is 0 Å². The van der Waals surface area contributed by atoms with Crippen LogP contribution in [-0.4, -0.2) is 22.0 Å². The Bertz CT molecular complexity index is 699. The van der Waals surface area contributed by atoms with Crippen LogP contribution >= 0.6 is 27.3 Å². The highest BCUT2D eigenvalue weighted by Gasteiger charge is 2.13. The van der Waals surface area contributed by atoms with Gasteiger partial charge in [0.2, 0.25) is 10.0 Å². The fourth-order valence-electron chi connectivity index (χ4n) is 1.90. The highest BCUT2D eigenvalue weighted by Crippen LogP contribution is 2.22. The molecule has 1 aromatic carbocycles. The van der Waals surface area contributed by atoms with Crippen molar-refractivity contribution in [1.82, 2.24) is 10.0 Å². The summed E-state index contributed by atoms with van der Waals surface area (Å²) >= 11 is 5.01. The molecule has 0 saturated carbocycles. The number of thiophene rings is 1. The Morgan fingerprint density at radius 3 is 2.71 bits per heavy atom. The Balaban J connectivity index is 1.99. The zero-order valence-electron chi connectivity index (χ0n) is 11.6. The van der Waals surface area contributed by atoms with Gasteiger partial charge in [0.25, 0.3) is 0 Å². The van der Waals surface area contributed by atoms with Gasteiger partial charge in [-0.2, -0.15) is 0 Å². The highest BCUT2D eigenvalue weighted by atomic mass is 79.9. The molecule has 0 aliphatic rings. The Hall–Kier alpha value is -0.730. The summed E-state index contributed by atoms with van der Waals surface area (Å²) in [7, 11) is -1.62. The van der Waals surface area contributed by atoms with Gasteiger partial charge in [-0.25, -0.2) is 13.1 Å². The van der Waals surface area contributed by atoms with Crippen LogP contribution < -0.4 is 10.0 Å². The quantitative estimate of drug-likeness (QED) is 0.766. The van der Waals surface area contributed by atoms with E-state index in [9.17, 15) is 8.42 Å². The van der Waals surface area contributed by atoms with Crippen LogP contribution in [0.1, 0.15) is 10.4 Å². The fraction of sp³-hybridized carbons (Fsp3) is 0.286. The summed E-state index contributed by atoms with van der Waals surface area (Å²) in [5.74, 6) is 0. The van der Waals surface area contributed by atoms with Gasteiger partial charge in [-0.3, -0.25) is 0 Å². The molecule has 21 heavy (non-hydrogen) atoms. The molecule has 2 rings (SSSR count). The Kier molecular flexibility index (Phi) is 5.95. The lowest BCUT2D eigenvalue weighted by Gasteiger charge is -2.08. The van der Waals surface area contributed by atoms with Crippen molar-refractivity contribution in [3.05, 3.63) is 50.6 Å². The van der Waals surface area contributed by atoms with Crippen molar-refractivity contribution < 1.29 is 8.42 Å². The second-order valence-electron chi connectivity index (χ2n) is 4.53. The first-order chi connectivity index (χ1) is 10.0. The van der Waals surface area contributed by atoms with Gasteiger partial charge in [0, 0.05) is 18.0 Å². The molecule has 0 unspecified atom stereocenters. The minimum absolute atomic E-state index is 0.308. The van der Waals surface area contributed by atoms with E-state index in [4.69, 9.17) is 0 Å². The molecule has 0 atom stereocenters. The van der Waals surface area contributed by atoms with Gasteiger partial charge in [-0.1, -0.05) is 12.1 Å². The number of hydrogen-bond acceptors (Lipinski definition) is 4. The Morgan fingerprint density at radius 1 is 1.24 bits per heavy atom. The molecule has 114 valence electrons. The fourth-order valence-corrected chi connectivity index (χ4v) is 4.49. The van der Waals surface area contributed by atoms with E-state index in [1.54, 1.807) is 29.5 Å². The first kappa shape index (κ1) is 16.6. The second-order valence-corrected chi connectivity index (χ2v) is 8.85. The molecule has 0 amide bonds. The minimum Gasteiger partial charge on any atom is -0.316 e. The van der Waals surface area contributed by atoms with Crippen molar-refractivity contribution in [2.75, 3.05) is 13.6 Å². The van der Waals surface area contributed by atoms with Gasteiger partial charge in [0.1, 0.15) is 0 Å². The molecular weight excluding hydrogens is 372 g/mol. The summed E-state index contributed by atoms with van der Waals surface area (Å²) < 4.78 is 28.2. The molecule has 4 nitrogen and oxygen atoms in total. The molecule has 0 aliphatic carbocycles. The van der Waals surface area contributed by atoms with Gasteiger partial charge < -0.3 is 5.32 Å². The third-order valence-corrected chi connectivity index (χ3v) is 6.02. The van der Waals surface area contributed by atoms with Gasteiger partial charge in [0.05, 0.1) is 8.68 Å². The maximum Gasteiger partial charge on any atom is 0.240 e. The number of benzene rings is 1. The average molecular weight is 389 g/mol. The lowest BCUT2D eigenvalue weighted by atomic mass is 10.2. The zero-order valence-corrected chi connectivity index (χ0v) is 14.8. The Labute approximate surface area is 137 Å². The highest BCUT2D eigenvalue weighted by molar-refractivity contribution is 9.11. The van der Waals surface area contributed by atoms with Crippen molar-refractivity contribution in [3.8, 4) is 0 Å². The normalized spacial score (nSPS) is 11.7. The lowest BCUT2D eigenvalue weighted by Crippen LogP contribution is -2.26. The standard InChI is InChI=1S/C14H17BrN2O2S2/c1-16-10-11-3-2-4-13(9-11)21(18,19)17-8-7-12-5-6-14(15)20-12/h2-6,9,16-17H,7-8,10H2,1H3. The predicted molar refractivity (Wildman–Crippen MR) is 90.1 cm³/mol. The molecule has 0 saturated heterocycles. The molecule has 1 heterocycles. The number of rotatable bonds is 7. The second kappa shape index (κ2) is 7.51. The van der Waals surface area contributed by atoms with Crippen LogP contribution in [-0.2, 0) is 23.0 Å². The monoisotopic (exact) mass is 388 g/mol. The van der Waals surface area contributed by atoms with Crippen molar-refractivity contribution in [2.24, 2.45) is 0 Å². The maximum absolute atomic E-state index is 12.2. The van der Waals surface area contributed by atoms with E-state index in [2.05, 4.69) is 26.0 Å². The van der Waals surface area contributed by atoms with Crippen molar-refractivity contribution in [1.29, 1.82) is 0 Å². The lowest BCUT2D eigenvalue weighted by molar-refractivity contribution is 0.581. The summed E-state index contributed by atoms with van der Waals surface area (Å²) in [4.78, 5) is 1.45.